The largest absolute Gasteiger partial charge is 0.243 e. The predicted molar refractivity (Wildman–Crippen MR) is 93.6 cm³/mol. The van der Waals surface area contributed by atoms with Crippen LogP contribution >= 0.6 is 22.6 Å². The molecule has 0 saturated carbocycles. The second-order valence-corrected chi connectivity index (χ2v) is 8.06. The smallest absolute Gasteiger partial charge is 0.207 e. The Labute approximate surface area is 140 Å². The number of nitrogens with zero attached hydrogens (tertiary/aromatic N) is 1. The Morgan fingerprint density at radius 3 is 2.33 bits per heavy atom. The SMILES string of the molecule is CCN(Cc1cccc(C)c1)S(=O)(=O)c1ccc(I)cc1. The molecule has 0 atom stereocenters. The van der Waals surface area contributed by atoms with Gasteiger partial charge in [0.1, 0.15) is 0 Å². The molecular weight excluding hydrogens is 397 g/mol. The zero-order valence-electron chi connectivity index (χ0n) is 12.1. The average molecular weight is 415 g/mol. The maximum Gasteiger partial charge on any atom is 0.243 e. The molecule has 3 nitrogen and oxygen atoms in total. The van der Waals surface area contributed by atoms with Crippen molar-refractivity contribution in [1.29, 1.82) is 0 Å². The van der Waals surface area contributed by atoms with Gasteiger partial charge in [-0.25, -0.2) is 8.42 Å². The van der Waals surface area contributed by atoms with Crippen LogP contribution in [0.25, 0.3) is 0 Å². The molecule has 21 heavy (non-hydrogen) atoms. The molecule has 0 fully saturated rings. The quantitative estimate of drug-likeness (QED) is 0.697. The normalized spacial score (nSPS) is 11.8. The van der Waals surface area contributed by atoms with Gasteiger partial charge in [-0.3, -0.25) is 0 Å². The molecule has 0 saturated heterocycles. The average Bonchev–Trinajstić information content (AvgIpc) is 2.45. The van der Waals surface area contributed by atoms with Gasteiger partial charge in [-0.15, -0.1) is 0 Å². The van der Waals surface area contributed by atoms with E-state index in [1.807, 2.05) is 50.2 Å². The van der Waals surface area contributed by atoms with E-state index >= 15 is 0 Å². The van der Waals surface area contributed by atoms with Crippen LogP contribution in [0.2, 0.25) is 0 Å². The molecule has 0 aliphatic heterocycles. The van der Waals surface area contributed by atoms with Gasteiger partial charge in [0.05, 0.1) is 4.90 Å². The van der Waals surface area contributed by atoms with Crippen molar-refractivity contribution in [3.63, 3.8) is 0 Å². The molecule has 0 N–H and O–H groups in total. The molecule has 2 rings (SSSR count). The van der Waals surface area contributed by atoms with Crippen molar-refractivity contribution in [2.24, 2.45) is 0 Å². The van der Waals surface area contributed by atoms with E-state index in [4.69, 9.17) is 0 Å². The molecule has 0 heterocycles. The lowest BCUT2D eigenvalue weighted by molar-refractivity contribution is 0.423. The van der Waals surface area contributed by atoms with Crippen LogP contribution in [0, 0.1) is 10.5 Å². The molecule has 0 aromatic heterocycles. The van der Waals surface area contributed by atoms with E-state index in [9.17, 15) is 8.42 Å². The maximum atomic E-state index is 12.7. The molecule has 0 unspecified atom stereocenters. The summed E-state index contributed by atoms with van der Waals surface area (Å²) in [6.45, 7) is 4.71. The summed E-state index contributed by atoms with van der Waals surface area (Å²) in [5.41, 5.74) is 2.14. The van der Waals surface area contributed by atoms with Gasteiger partial charge in [-0.2, -0.15) is 4.31 Å². The minimum absolute atomic E-state index is 0.345. The first-order valence-corrected chi connectivity index (χ1v) is 9.26. The fraction of sp³-hybridized carbons (Fsp3) is 0.250. The van der Waals surface area contributed by atoms with E-state index in [0.717, 1.165) is 14.7 Å². The first-order chi connectivity index (χ1) is 9.93. The standard InChI is InChI=1S/C16H18INO2S/c1-3-18(12-14-6-4-5-13(2)11-14)21(19,20)16-9-7-15(17)8-10-16/h4-11H,3,12H2,1-2H3. The topological polar surface area (TPSA) is 37.4 Å². The summed E-state index contributed by atoms with van der Waals surface area (Å²) in [5.74, 6) is 0. The molecule has 2 aromatic carbocycles. The van der Waals surface area contributed by atoms with E-state index < -0.39 is 10.0 Å². The molecule has 0 spiro atoms. The van der Waals surface area contributed by atoms with Crippen LogP contribution < -0.4 is 0 Å². The summed E-state index contributed by atoms with van der Waals surface area (Å²) in [4.78, 5) is 0.345. The lowest BCUT2D eigenvalue weighted by Crippen LogP contribution is -2.30. The number of hydrogen-bond donors (Lipinski definition) is 0. The van der Waals surface area contributed by atoms with Crippen molar-refractivity contribution in [1.82, 2.24) is 4.31 Å². The first-order valence-electron chi connectivity index (χ1n) is 6.74. The number of aryl methyl sites for hydroxylation is 1. The third kappa shape index (κ3) is 4.05. The van der Waals surface area contributed by atoms with Crippen LogP contribution in [0.15, 0.2) is 53.4 Å². The number of rotatable bonds is 5. The van der Waals surface area contributed by atoms with Crippen LogP contribution in [-0.4, -0.2) is 19.3 Å². The Morgan fingerprint density at radius 1 is 1.10 bits per heavy atom. The van der Waals surface area contributed by atoms with E-state index in [1.165, 1.54) is 4.31 Å². The summed E-state index contributed by atoms with van der Waals surface area (Å²) in [7, 11) is -3.45. The van der Waals surface area contributed by atoms with Gasteiger partial charge in [-0.05, 0) is 59.3 Å². The lowest BCUT2D eigenvalue weighted by Gasteiger charge is -2.21. The van der Waals surface area contributed by atoms with Crippen molar-refractivity contribution >= 4 is 32.6 Å². The first kappa shape index (κ1) is 16.5. The molecule has 2 aromatic rings. The number of hydrogen-bond acceptors (Lipinski definition) is 2. The minimum Gasteiger partial charge on any atom is -0.207 e. The van der Waals surface area contributed by atoms with Gasteiger partial charge in [0, 0.05) is 16.7 Å². The zero-order valence-corrected chi connectivity index (χ0v) is 15.1. The Balaban J connectivity index is 2.29. The Hall–Kier alpha value is -0.920. The third-order valence-electron chi connectivity index (χ3n) is 3.25. The molecule has 0 bridgehead atoms. The molecule has 0 radical (unpaired) electrons. The van der Waals surface area contributed by atoms with Crippen LogP contribution in [0.5, 0.6) is 0 Å². The van der Waals surface area contributed by atoms with Crippen LogP contribution in [0.4, 0.5) is 0 Å². The van der Waals surface area contributed by atoms with Gasteiger partial charge >= 0.3 is 0 Å². The molecule has 0 aliphatic rings. The van der Waals surface area contributed by atoms with E-state index in [2.05, 4.69) is 22.6 Å². The Bertz CT molecular complexity index is 711. The molecule has 0 amide bonds. The van der Waals surface area contributed by atoms with Crippen LogP contribution in [0.3, 0.4) is 0 Å². The van der Waals surface area contributed by atoms with Gasteiger partial charge in [0.15, 0.2) is 0 Å². The van der Waals surface area contributed by atoms with Crippen molar-refractivity contribution in [2.75, 3.05) is 6.54 Å². The van der Waals surface area contributed by atoms with Crippen molar-refractivity contribution in [3.8, 4) is 0 Å². The molecular formula is C16H18INO2S. The highest BCUT2D eigenvalue weighted by molar-refractivity contribution is 14.1. The van der Waals surface area contributed by atoms with Crippen LogP contribution in [-0.2, 0) is 16.6 Å². The lowest BCUT2D eigenvalue weighted by atomic mass is 10.1. The summed E-state index contributed by atoms with van der Waals surface area (Å²) in [5, 5.41) is 0. The van der Waals surface area contributed by atoms with Crippen molar-refractivity contribution in [3.05, 3.63) is 63.2 Å². The van der Waals surface area contributed by atoms with E-state index in [0.29, 0.717) is 18.0 Å². The van der Waals surface area contributed by atoms with Gasteiger partial charge in [0.2, 0.25) is 10.0 Å². The summed E-state index contributed by atoms with van der Waals surface area (Å²) >= 11 is 2.17. The monoisotopic (exact) mass is 415 g/mol. The Kier molecular flexibility index (Phi) is 5.40. The summed E-state index contributed by atoms with van der Waals surface area (Å²) < 4.78 is 27.9. The zero-order chi connectivity index (χ0) is 15.5. The molecule has 112 valence electrons. The predicted octanol–water partition coefficient (Wildman–Crippen LogP) is 3.81. The fourth-order valence-electron chi connectivity index (χ4n) is 2.14. The van der Waals surface area contributed by atoms with Crippen molar-refractivity contribution < 1.29 is 8.42 Å². The van der Waals surface area contributed by atoms with Gasteiger partial charge < -0.3 is 0 Å². The molecule has 0 aliphatic carbocycles. The summed E-state index contributed by atoms with van der Waals surface area (Å²) in [6, 6.07) is 14.9. The number of halogens is 1. The van der Waals surface area contributed by atoms with Crippen LogP contribution in [0.1, 0.15) is 18.1 Å². The van der Waals surface area contributed by atoms with E-state index in [-0.39, 0.29) is 0 Å². The van der Waals surface area contributed by atoms with Gasteiger partial charge in [-0.1, -0.05) is 36.8 Å². The highest BCUT2D eigenvalue weighted by Crippen LogP contribution is 2.19. The fourth-order valence-corrected chi connectivity index (χ4v) is 3.93. The number of sulfonamides is 1. The second kappa shape index (κ2) is 6.89. The maximum absolute atomic E-state index is 12.7. The second-order valence-electron chi connectivity index (χ2n) is 4.87. The minimum atomic E-state index is -3.45. The highest BCUT2D eigenvalue weighted by Gasteiger charge is 2.23. The summed E-state index contributed by atoms with van der Waals surface area (Å²) in [6.07, 6.45) is 0. The highest BCUT2D eigenvalue weighted by atomic mass is 127. The third-order valence-corrected chi connectivity index (χ3v) is 5.90. The molecule has 5 heteroatoms. The Morgan fingerprint density at radius 2 is 1.76 bits per heavy atom. The van der Waals surface area contributed by atoms with Gasteiger partial charge in [0.25, 0.3) is 0 Å². The van der Waals surface area contributed by atoms with Crippen molar-refractivity contribution in [2.45, 2.75) is 25.3 Å². The van der Waals surface area contributed by atoms with E-state index in [1.54, 1.807) is 12.1 Å². The number of benzene rings is 2.